The summed E-state index contributed by atoms with van der Waals surface area (Å²) in [5, 5.41) is 5.82. The van der Waals surface area contributed by atoms with Crippen molar-refractivity contribution in [2.75, 3.05) is 12.0 Å². The number of para-hydroxylation sites is 1. The van der Waals surface area contributed by atoms with Crippen molar-refractivity contribution in [1.29, 1.82) is 0 Å². The maximum absolute atomic E-state index is 12.4. The number of esters is 1. The molecule has 3 rings (SSSR count). The van der Waals surface area contributed by atoms with Crippen molar-refractivity contribution in [2.45, 2.75) is 13.0 Å². The summed E-state index contributed by atoms with van der Waals surface area (Å²) in [5.74, 6) is -0.350. The molecule has 1 N–H and O–H groups in total. The van der Waals surface area contributed by atoms with Crippen LogP contribution >= 0.6 is 23.6 Å². The number of anilines is 1. The van der Waals surface area contributed by atoms with E-state index in [4.69, 9.17) is 17.0 Å². The topological polar surface area (TPSA) is 41.6 Å². The van der Waals surface area contributed by atoms with Gasteiger partial charge in [-0.15, -0.1) is 11.3 Å². The van der Waals surface area contributed by atoms with E-state index in [0.29, 0.717) is 10.7 Å². The van der Waals surface area contributed by atoms with Gasteiger partial charge in [-0.2, -0.15) is 0 Å². The normalized spacial score (nSPS) is 17.9. The number of hydrogen-bond acceptors (Lipinski definition) is 4. The minimum absolute atomic E-state index is 0.282. The SMILES string of the molecule is COC(=O)C1=C(C)N(c2ccccc2)C(=S)NC1c1cccs1. The highest BCUT2D eigenvalue weighted by Gasteiger charge is 2.35. The van der Waals surface area contributed by atoms with Crippen molar-refractivity contribution in [1.82, 2.24) is 5.32 Å². The Morgan fingerprint density at radius 3 is 2.61 bits per heavy atom. The first-order valence-electron chi connectivity index (χ1n) is 7.11. The average Bonchev–Trinajstić information content (AvgIpc) is 3.09. The molecule has 6 heteroatoms. The van der Waals surface area contributed by atoms with Crippen molar-refractivity contribution in [3.8, 4) is 0 Å². The number of carbonyl (C=O) groups is 1. The first kappa shape index (κ1) is 15.7. The second kappa shape index (κ2) is 6.52. The molecular weight excluding hydrogens is 328 g/mol. The van der Waals surface area contributed by atoms with Crippen LogP contribution in [0.1, 0.15) is 17.8 Å². The van der Waals surface area contributed by atoms with Crippen molar-refractivity contribution in [2.24, 2.45) is 0 Å². The van der Waals surface area contributed by atoms with Crippen LogP contribution in [0.3, 0.4) is 0 Å². The lowest BCUT2D eigenvalue weighted by atomic mass is 10.0. The molecule has 0 bridgehead atoms. The van der Waals surface area contributed by atoms with E-state index >= 15 is 0 Å². The van der Waals surface area contributed by atoms with Crippen LogP contribution in [-0.4, -0.2) is 18.2 Å². The molecule has 23 heavy (non-hydrogen) atoms. The van der Waals surface area contributed by atoms with Crippen LogP contribution in [0.2, 0.25) is 0 Å². The third-order valence-electron chi connectivity index (χ3n) is 3.73. The Labute approximate surface area is 144 Å². The standard InChI is InChI=1S/C17H16N2O2S2/c1-11-14(16(20)21-2)15(13-9-6-10-23-13)18-17(22)19(11)12-7-4-3-5-8-12/h3-10,15H,1-2H3,(H,18,22). The van der Waals surface area contributed by atoms with E-state index in [1.54, 1.807) is 11.3 Å². The van der Waals surface area contributed by atoms with E-state index in [9.17, 15) is 4.79 Å². The molecule has 0 fully saturated rings. The minimum atomic E-state index is -0.350. The van der Waals surface area contributed by atoms with Crippen LogP contribution in [0.25, 0.3) is 0 Å². The van der Waals surface area contributed by atoms with Gasteiger partial charge in [0.15, 0.2) is 5.11 Å². The fourth-order valence-electron chi connectivity index (χ4n) is 2.67. The van der Waals surface area contributed by atoms with Gasteiger partial charge in [-0.25, -0.2) is 4.79 Å². The molecule has 2 heterocycles. The number of nitrogens with one attached hydrogen (secondary N) is 1. The summed E-state index contributed by atoms with van der Waals surface area (Å²) in [7, 11) is 1.40. The van der Waals surface area contributed by atoms with Gasteiger partial charge in [-0.05, 0) is 42.7 Å². The smallest absolute Gasteiger partial charge is 0.338 e. The first-order valence-corrected chi connectivity index (χ1v) is 8.40. The zero-order valence-electron chi connectivity index (χ0n) is 12.8. The molecular formula is C17H16N2O2S2. The molecule has 0 saturated heterocycles. The van der Waals surface area contributed by atoms with E-state index < -0.39 is 0 Å². The van der Waals surface area contributed by atoms with Crippen LogP contribution < -0.4 is 10.2 Å². The van der Waals surface area contributed by atoms with E-state index in [2.05, 4.69) is 5.32 Å². The lowest BCUT2D eigenvalue weighted by Crippen LogP contribution is -2.47. The molecule has 2 aromatic rings. The molecule has 1 atom stereocenters. The van der Waals surface area contributed by atoms with Gasteiger partial charge in [0.1, 0.15) is 0 Å². The number of rotatable bonds is 3. The molecule has 0 radical (unpaired) electrons. The third kappa shape index (κ3) is 2.87. The Morgan fingerprint density at radius 2 is 2.00 bits per heavy atom. The Hall–Kier alpha value is -2.18. The number of allylic oxidation sites excluding steroid dienone is 1. The summed E-state index contributed by atoms with van der Waals surface area (Å²) in [5.41, 5.74) is 2.27. The Kier molecular flexibility index (Phi) is 4.45. The second-order valence-corrected chi connectivity index (χ2v) is 6.43. The highest BCUT2D eigenvalue weighted by atomic mass is 32.1. The van der Waals surface area contributed by atoms with E-state index in [0.717, 1.165) is 16.3 Å². The molecule has 1 aromatic carbocycles. The van der Waals surface area contributed by atoms with Crippen LogP contribution in [0.5, 0.6) is 0 Å². The fraction of sp³-hybridized carbons (Fsp3) is 0.176. The van der Waals surface area contributed by atoms with Crippen LogP contribution in [0.15, 0.2) is 59.1 Å². The summed E-state index contributed by atoms with van der Waals surface area (Å²) in [4.78, 5) is 15.3. The average molecular weight is 344 g/mol. The van der Waals surface area contributed by atoms with Crippen molar-refractivity contribution in [3.63, 3.8) is 0 Å². The quantitative estimate of drug-likeness (QED) is 0.680. The molecule has 1 aliphatic heterocycles. The molecule has 118 valence electrons. The zero-order valence-corrected chi connectivity index (χ0v) is 14.4. The first-order chi connectivity index (χ1) is 11.1. The molecule has 0 saturated carbocycles. The van der Waals surface area contributed by atoms with Crippen molar-refractivity contribution >= 4 is 40.3 Å². The van der Waals surface area contributed by atoms with Gasteiger partial charge < -0.3 is 10.1 Å². The minimum Gasteiger partial charge on any atom is -0.466 e. The molecule has 0 spiro atoms. The summed E-state index contributed by atoms with van der Waals surface area (Å²) in [6, 6.07) is 13.4. The van der Waals surface area contributed by atoms with Crippen molar-refractivity contribution in [3.05, 3.63) is 64.0 Å². The van der Waals surface area contributed by atoms with Crippen molar-refractivity contribution < 1.29 is 9.53 Å². The Balaban J connectivity index is 2.13. The number of thiophene rings is 1. The molecule has 1 aliphatic rings. The number of hydrogen-bond donors (Lipinski definition) is 1. The van der Waals surface area contributed by atoms with Gasteiger partial charge in [0.2, 0.25) is 0 Å². The van der Waals surface area contributed by atoms with Crippen LogP contribution in [0.4, 0.5) is 5.69 Å². The maximum Gasteiger partial charge on any atom is 0.338 e. The molecule has 0 aliphatic carbocycles. The number of benzene rings is 1. The molecule has 4 nitrogen and oxygen atoms in total. The lowest BCUT2D eigenvalue weighted by molar-refractivity contribution is -0.136. The van der Waals surface area contributed by atoms with Gasteiger partial charge in [0.05, 0.1) is 18.7 Å². The zero-order chi connectivity index (χ0) is 16.4. The number of ether oxygens (including phenoxy) is 1. The van der Waals surface area contributed by atoms with Gasteiger partial charge in [0, 0.05) is 16.3 Å². The molecule has 0 amide bonds. The van der Waals surface area contributed by atoms with Gasteiger partial charge in [-0.1, -0.05) is 24.3 Å². The Bertz CT molecular complexity index is 754. The van der Waals surface area contributed by atoms with Crippen LogP contribution in [0, 0.1) is 0 Å². The highest BCUT2D eigenvalue weighted by molar-refractivity contribution is 7.80. The fourth-order valence-corrected chi connectivity index (χ4v) is 3.82. The van der Waals surface area contributed by atoms with E-state index in [1.807, 2.05) is 59.7 Å². The predicted molar refractivity (Wildman–Crippen MR) is 96.4 cm³/mol. The maximum atomic E-state index is 12.4. The predicted octanol–water partition coefficient (Wildman–Crippen LogP) is 3.63. The summed E-state index contributed by atoms with van der Waals surface area (Å²) in [6.45, 7) is 1.90. The second-order valence-electron chi connectivity index (χ2n) is 5.06. The summed E-state index contributed by atoms with van der Waals surface area (Å²) >= 11 is 7.13. The highest BCUT2D eigenvalue weighted by Crippen LogP contribution is 2.35. The number of nitrogens with zero attached hydrogens (tertiary/aromatic N) is 1. The van der Waals surface area contributed by atoms with Gasteiger partial charge in [-0.3, -0.25) is 4.90 Å². The number of carbonyl (C=O) groups excluding carboxylic acids is 1. The monoisotopic (exact) mass is 344 g/mol. The van der Waals surface area contributed by atoms with Crippen LogP contribution in [-0.2, 0) is 9.53 Å². The van der Waals surface area contributed by atoms with Gasteiger partial charge in [0.25, 0.3) is 0 Å². The summed E-state index contributed by atoms with van der Waals surface area (Å²) in [6.07, 6.45) is 0. The lowest BCUT2D eigenvalue weighted by Gasteiger charge is -2.36. The number of methoxy groups -OCH3 is 1. The summed E-state index contributed by atoms with van der Waals surface area (Å²) < 4.78 is 5.01. The van der Waals surface area contributed by atoms with Gasteiger partial charge >= 0.3 is 5.97 Å². The Morgan fingerprint density at radius 1 is 1.26 bits per heavy atom. The molecule has 1 aromatic heterocycles. The van der Waals surface area contributed by atoms with E-state index in [1.165, 1.54) is 7.11 Å². The third-order valence-corrected chi connectivity index (χ3v) is 4.97. The number of thiocarbonyl (C=S) groups is 1. The van der Waals surface area contributed by atoms with E-state index in [-0.39, 0.29) is 12.0 Å². The largest absolute Gasteiger partial charge is 0.466 e. The molecule has 1 unspecified atom stereocenters.